The lowest BCUT2D eigenvalue weighted by molar-refractivity contribution is -0.152. The average molecular weight is 220 g/mol. The van der Waals surface area contributed by atoms with Gasteiger partial charge in [0.1, 0.15) is 0 Å². The molecule has 1 atom stereocenters. The molecule has 0 heterocycles. The molecule has 0 aliphatic carbocycles. The molecular weight excluding hydrogens is 208 g/mol. The molecule has 86 valence electrons. The maximum absolute atomic E-state index is 9.84. The highest BCUT2D eigenvalue weighted by atomic mass is 16.5. The van der Waals surface area contributed by atoms with Crippen molar-refractivity contribution < 1.29 is 34.4 Å². The lowest BCUT2D eigenvalue weighted by Gasteiger charge is -1.97. The summed E-state index contributed by atoms with van der Waals surface area (Å²) in [5.74, 6) is -3.24. The number of aliphatic carboxylic acids is 2. The Kier molecular flexibility index (Phi) is 9.03. The predicted octanol–water partition coefficient (Wildman–Crippen LogP) is -0.748. The van der Waals surface area contributed by atoms with Crippen LogP contribution in [0.4, 0.5) is 0 Å². The van der Waals surface area contributed by atoms with E-state index in [9.17, 15) is 14.4 Å². The van der Waals surface area contributed by atoms with Crippen LogP contribution >= 0.6 is 0 Å². The van der Waals surface area contributed by atoms with Crippen LogP contribution in [-0.4, -0.2) is 46.4 Å². The maximum Gasteiger partial charge on any atom is 0.333 e. The van der Waals surface area contributed by atoms with Gasteiger partial charge in [-0.3, -0.25) is 4.79 Å². The summed E-state index contributed by atoms with van der Waals surface area (Å²) in [4.78, 5) is 29.3. The van der Waals surface area contributed by atoms with Gasteiger partial charge in [0.2, 0.25) is 0 Å². The minimum atomic E-state index is -1.79. The van der Waals surface area contributed by atoms with Gasteiger partial charge in [0.25, 0.3) is 0 Å². The number of hydrogen-bond donors (Lipinski definition) is 3. The summed E-state index contributed by atoms with van der Waals surface area (Å²) >= 11 is 0. The highest BCUT2D eigenvalue weighted by Gasteiger charge is 2.16. The normalized spacial score (nSPS) is 10.3. The zero-order valence-electron chi connectivity index (χ0n) is 8.04. The van der Waals surface area contributed by atoms with E-state index in [0.29, 0.717) is 0 Å². The van der Waals surface area contributed by atoms with E-state index in [-0.39, 0.29) is 0 Å². The number of hydrogen-bond acceptors (Lipinski definition) is 5. The summed E-state index contributed by atoms with van der Waals surface area (Å²) in [5.41, 5.74) is 0. The van der Waals surface area contributed by atoms with Crippen LogP contribution in [0.2, 0.25) is 0 Å². The van der Waals surface area contributed by atoms with Crippen LogP contribution in [0.1, 0.15) is 6.42 Å². The third-order valence-corrected chi connectivity index (χ3v) is 1.02. The third-order valence-electron chi connectivity index (χ3n) is 1.02. The first-order chi connectivity index (χ1) is 6.84. The minimum Gasteiger partial charge on any atom is -0.481 e. The van der Waals surface area contributed by atoms with E-state index < -0.39 is 30.4 Å². The molecule has 0 saturated heterocycles. The number of carboxylic acid groups (broad SMARTS) is 2. The predicted molar refractivity (Wildman–Crippen MR) is 48.1 cm³/mol. The molecule has 7 heteroatoms. The van der Waals surface area contributed by atoms with Crippen molar-refractivity contribution in [3.63, 3.8) is 0 Å². The third kappa shape index (κ3) is 12.1. The Hall–Kier alpha value is -1.89. The number of esters is 1. The van der Waals surface area contributed by atoms with Gasteiger partial charge in [-0.25, -0.2) is 9.59 Å². The van der Waals surface area contributed by atoms with Crippen LogP contribution in [0.5, 0.6) is 0 Å². The fourth-order valence-corrected chi connectivity index (χ4v) is 0.336. The van der Waals surface area contributed by atoms with Gasteiger partial charge in [0, 0.05) is 6.08 Å². The number of rotatable bonds is 4. The highest BCUT2D eigenvalue weighted by molar-refractivity contribution is 5.81. The molecule has 0 aliphatic heterocycles. The Morgan fingerprint density at radius 3 is 1.93 bits per heavy atom. The number of carbonyl (C=O) groups excluding carboxylic acids is 1. The van der Waals surface area contributed by atoms with Crippen molar-refractivity contribution in [2.45, 2.75) is 12.5 Å². The van der Waals surface area contributed by atoms with Gasteiger partial charge in [-0.2, -0.15) is 0 Å². The first-order valence-electron chi connectivity index (χ1n) is 3.68. The van der Waals surface area contributed by atoms with Gasteiger partial charge in [-0.15, -0.1) is 0 Å². The smallest absolute Gasteiger partial charge is 0.333 e. The second kappa shape index (κ2) is 8.70. The van der Waals surface area contributed by atoms with Crippen LogP contribution in [0, 0.1) is 0 Å². The summed E-state index contributed by atoms with van der Waals surface area (Å²) in [7, 11) is 1.31. The van der Waals surface area contributed by atoms with Crippen molar-refractivity contribution in [2.75, 3.05) is 7.11 Å². The molecule has 0 aliphatic rings. The fourth-order valence-electron chi connectivity index (χ4n) is 0.336. The molecule has 0 aromatic heterocycles. The Morgan fingerprint density at radius 2 is 1.87 bits per heavy atom. The first kappa shape index (κ1) is 15.6. The zero-order valence-corrected chi connectivity index (χ0v) is 8.04. The largest absolute Gasteiger partial charge is 0.481 e. The second-order valence-corrected chi connectivity index (χ2v) is 2.18. The van der Waals surface area contributed by atoms with Crippen LogP contribution in [-0.2, 0) is 19.1 Å². The Labute approximate surface area is 85.6 Å². The van der Waals surface area contributed by atoms with E-state index >= 15 is 0 Å². The van der Waals surface area contributed by atoms with Gasteiger partial charge < -0.3 is 20.1 Å². The van der Waals surface area contributed by atoms with Crippen LogP contribution in [0.3, 0.4) is 0 Å². The Balaban J connectivity index is 0. The number of carbonyl (C=O) groups is 3. The number of carboxylic acids is 2. The van der Waals surface area contributed by atoms with E-state index in [1.165, 1.54) is 7.11 Å². The molecule has 0 radical (unpaired) electrons. The summed E-state index contributed by atoms with van der Waals surface area (Å²) in [5, 5.41) is 24.1. The number of aliphatic hydroxyl groups is 1. The number of methoxy groups -OCH3 is 1. The Bertz CT molecular complexity index is 245. The molecule has 3 N–H and O–H groups in total. The second-order valence-electron chi connectivity index (χ2n) is 2.18. The average Bonchev–Trinajstić information content (AvgIpc) is 2.16. The SMILES string of the molecule is C=CC(=O)OC.O=C(O)CC(O)C(=O)O. The minimum absolute atomic E-state index is 0.394. The lowest BCUT2D eigenvalue weighted by atomic mass is 10.3. The molecule has 0 bridgehead atoms. The van der Waals surface area contributed by atoms with Crippen LogP contribution < -0.4 is 0 Å². The van der Waals surface area contributed by atoms with Crippen LogP contribution in [0.15, 0.2) is 12.7 Å². The van der Waals surface area contributed by atoms with Crippen molar-refractivity contribution in [3.8, 4) is 0 Å². The fraction of sp³-hybridized carbons (Fsp3) is 0.375. The van der Waals surface area contributed by atoms with Gasteiger partial charge in [0.15, 0.2) is 6.10 Å². The monoisotopic (exact) mass is 220 g/mol. The van der Waals surface area contributed by atoms with E-state index in [1.807, 2.05) is 0 Å². The zero-order chi connectivity index (χ0) is 12.4. The lowest BCUT2D eigenvalue weighted by Crippen LogP contribution is -2.22. The summed E-state index contributed by atoms with van der Waals surface area (Å²) < 4.78 is 4.14. The van der Waals surface area contributed by atoms with Gasteiger partial charge in [0.05, 0.1) is 13.5 Å². The van der Waals surface area contributed by atoms with Gasteiger partial charge in [-0.05, 0) is 0 Å². The van der Waals surface area contributed by atoms with Gasteiger partial charge >= 0.3 is 17.9 Å². The molecule has 0 spiro atoms. The van der Waals surface area contributed by atoms with E-state index in [4.69, 9.17) is 15.3 Å². The topological polar surface area (TPSA) is 121 Å². The van der Waals surface area contributed by atoms with E-state index in [0.717, 1.165) is 6.08 Å². The summed E-state index contributed by atoms with van der Waals surface area (Å²) in [6.07, 6.45) is -1.43. The highest BCUT2D eigenvalue weighted by Crippen LogP contribution is 1.89. The van der Waals surface area contributed by atoms with E-state index in [1.54, 1.807) is 0 Å². The molecular formula is C8H12O7. The molecule has 0 aromatic rings. The number of ether oxygens (including phenoxy) is 1. The molecule has 0 saturated carbocycles. The standard InChI is InChI=1S/C4H6O5.C4H6O2/c5-2(4(8)9)1-3(6)7;1-3-4(5)6-2/h2,5H,1H2,(H,6,7)(H,8,9);3H,1H2,2H3. The van der Waals surface area contributed by atoms with Crippen molar-refractivity contribution in [1.82, 2.24) is 0 Å². The van der Waals surface area contributed by atoms with Gasteiger partial charge in [-0.1, -0.05) is 6.58 Å². The molecule has 0 amide bonds. The van der Waals surface area contributed by atoms with Crippen molar-refractivity contribution in [2.24, 2.45) is 0 Å². The summed E-state index contributed by atoms with van der Waals surface area (Å²) in [6, 6.07) is 0. The number of aliphatic hydroxyl groups excluding tert-OH is 1. The summed E-state index contributed by atoms with van der Waals surface area (Å²) in [6.45, 7) is 3.16. The maximum atomic E-state index is 9.84. The quantitative estimate of drug-likeness (QED) is 0.421. The molecule has 0 fully saturated rings. The van der Waals surface area contributed by atoms with Crippen LogP contribution in [0.25, 0.3) is 0 Å². The molecule has 1 unspecified atom stereocenters. The van der Waals surface area contributed by atoms with Crippen molar-refractivity contribution in [1.29, 1.82) is 0 Å². The molecule has 0 rings (SSSR count). The Morgan fingerprint density at radius 1 is 1.40 bits per heavy atom. The molecule has 15 heavy (non-hydrogen) atoms. The van der Waals surface area contributed by atoms with Crippen molar-refractivity contribution >= 4 is 17.9 Å². The van der Waals surface area contributed by atoms with E-state index in [2.05, 4.69) is 11.3 Å². The first-order valence-corrected chi connectivity index (χ1v) is 3.68. The van der Waals surface area contributed by atoms with Crippen molar-refractivity contribution in [3.05, 3.63) is 12.7 Å². The molecule has 0 aromatic carbocycles. The molecule has 7 nitrogen and oxygen atoms in total.